The molecule has 0 spiro atoms. The zero-order chi connectivity index (χ0) is 62.8. The van der Waals surface area contributed by atoms with Crippen molar-refractivity contribution < 1.29 is 22.0 Å². The number of hydrogen-bond acceptors (Lipinski definition) is 5. The van der Waals surface area contributed by atoms with Gasteiger partial charge < -0.3 is 9.13 Å². The minimum atomic E-state index is -2.32. The average Bonchev–Trinajstić information content (AvgIpc) is 1.61. The molecule has 7 nitrogen and oxygen atoms in total. The van der Waals surface area contributed by atoms with Crippen molar-refractivity contribution in [2.45, 2.75) is 0 Å². The normalized spacial score (nSPS) is 11.5. The van der Waals surface area contributed by atoms with Crippen molar-refractivity contribution in [1.82, 2.24) is 29.1 Å². The van der Waals surface area contributed by atoms with E-state index in [9.17, 15) is 5.26 Å². The quantitative estimate of drug-likeness (QED) is 0.0732. The highest BCUT2D eigenvalue weighted by atomic mass is 19.2. The minimum absolute atomic E-state index is 0.231. The van der Waals surface area contributed by atoms with Crippen molar-refractivity contribution in [3.05, 3.63) is 314 Å². The van der Waals surface area contributed by atoms with Crippen LogP contribution in [-0.2, 0) is 0 Å². The van der Waals surface area contributed by atoms with E-state index in [2.05, 4.69) is 6.07 Å². The van der Waals surface area contributed by atoms with Gasteiger partial charge in [0, 0.05) is 96.4 Å². The van der Waals surface area contributed by atoms with Gasteiger partial charge in [-0.3, -0.25) is 19.9 Å². The monoisotopic (exact) mass is 1210 g/mol. The Labute approximate surface area is 529 Å². The largest absolute Gasteiger partial charge is 0.307 e. The van der Waals surface area contributed by atoms with Crippen molar-refractivity contribution in [3.8, 4) is 118 Å². The third-order valence-corrected chi connectivity index (χ3v) is 17.4. The highest BCUT2D eigenvalue weighted by Gasteiger charge is 2.31. The van der Waals surface area contributed by atoms with Crippen LogP contribution in [-0.4, -0.2) is 29.1 Å². The molecular weight excluding hydrogens is 1170 g/mol. The second kappa shape index (κ2) is 22.8. The van der Waals surface area contributed by atoms with Crippen LogP contribution in [0.5, 0.6) is 0 Å². The molecule has 16 rings (SSSR count). The van der Waals surface area contributed by atoms with E-state index in [1.807, 2.05) is 264 Å². The Morgan fingerprint density at radius 3 is 0.806 bits per heavy atom. The van der Waals surface area contributed by atoms with Crippen LogP contribution in [0.25, 0.3) is 156 Å². The SMILES string of the molecule is N#Cc1cc(-n2c3cc(-c4ccc(-c5ccccc5)nc4)ccc3c3ccc(-c4ccc(-c5ccccc5)nc4)cc32)c(-n2c3cc(-c4ccc(-c5ccccc5)nc4)ccc3c3ccc(-c4ccc(-c5ccccc5)nc4)cc32)cc1-c1c(F)c(F)c(F)c(F)c1F. The Morgan fingerprint density at radius 1 is 0.269 bits per heavy atom. The highest BCUT2D eigenvalue weighted by molar-refractivity contribution is 6.14. The van der Waals surface area contributed by atoms with Crippen LogP contribution in [0.3, 0.4) is 0 Å². The minimum Gasteiger partial charge on any atom is -0.307 e. The van der Waals surface area contributed by atoms with E-state index in [1.165, 1.54) is 12.1 Å². The first kappa shape index (κ1) is 55.8. The zero-order valence-corrected chi connectivity index (χ0v) is 49.1. The summed E-state index contributed by atoms with van der Waals surface area (Å²) in [5, 5.41) is 14.5. The molecule has 10 aromatic carbocycles. The molecule has 12 heteroatoms. The van der Waals surface area contributed by atoms with Crippen LogP contribution in [0, 0.1) is 40.4 Å². The Balaban J connectivity index is 1.00. The molecule has 6 aromatic heterocycles. The average molecular weight is 1210 g/mol. The fourth-order valence-corrected chi connectivity index (χ4v) is 12.7. The standard InChI is InChI=1S/C81H46F5N7/c82-77-76(78(83)80(85)81(86)79(77)84)65-42-75(93-72-39-54(58-27-35-68(90-46-58)50-17-9-3-10-18-50)23-31-63(72)64-32-24-55(40-73(64)93)59-28-36-69(91-47-59)51-19-11-4-12-20-51)74(41-60(65)43-87)92-70-37-52(56-25-33-66(88-44-56)48-13-5-1-6-14-48)21-29-61(70)62-30-22-53(38-71(62)92)57-26-34-67(89-45-57)49-15-7-2-8-16-49/h1-42,44-47H. The molecule has 6 heterocycles. The molecule has 0 fully saturated rings. The van der Waals surface area contributed by atoms with Crippen molar-refractivity contribution in [1.29, 1.82) is 5.26 Å². The number of aromatic nitrogens is 6. The predicted molar refractivity (Wildman–Crippen MR) is 360 cm³/mol. The van der Waals surface area contributed by atoms with Gasteiger partial charge in [-0.25, -0.2) is 22.0 Å². The van der Waals surface area contributed by atoms with Gasteiger partial charge in [-0.15, -0.1) is 0 Å². The van der Waals surface area contributed by atoms with E-state index in [-0.39, 0.29) is 11.3 Å². The first-order chi connectivity index (χ1) is 45.6. The van der Waals surface area contributed by atoms with E-state index in [1.54, 1.807) is 12.4 Å². The molecule has 0 amide bonds. The van der Waals surface area contributed by atoms with Gasteiger partial charge in [-0.05, 0) is 82.9 Å². The van der Waals surface area contributed by atoms with Crippen molar-refractivity contribution in [3.63, 3.8) is 0 Å². The van der Waals surface area contributed by atoms with Crippen LogP contribution in [0.15, 0.2) is 280 Å². The third kappa shape index (κ3) is 9.74. The molecule has 0 saturated heterocycles. The fraction of sp³-hybridized carbons (Fsp3) is 0. The molecule has 0 unspecified atom stereocenters. The molecule has 440 valence electrons. The molecular formula is C81H46F5N7. The summed E-state index contributed by atoms with van der Waals surface area (Å²) in [6.07, 6.45) is 7.25. The molecule has 0 aliphatic carbocycles. The summed E-state index contributed by atoms with van der Waals surface area (Å²) in [4.78, 5) is 19.6. The van der Waals surface area contributed by atoms with Gasteiger partial charge in [0.25, 0.3) is 0 Å². The lowest BCUT2D eigenvalue weighted by Gasteiger charge is -2.21. The summed E-state index contributed by atoms with van der Waals surface area (Å²) in [5.74, 6) is -10.8. The number of rotatable bonds is 11. The van der Waals surface area contributed by atoms with Crippen LogP contribution in [0.2, 0.25) is 0 Å². The summed E-state index contributed by atoms with van der Waals surface area (Å²) in [6, 6.07) is 84.5. The summed E-state index contributed by atoms with van der Waals surface area (Å²) in [6.45, 7) is 0. The van der Waals surface area contributed by atoms with Crippen LogP contribution < -0.4 is 0 Å². The van der Waals surface area contributed by atoms with E-state index in [0.717, 1.165) is 111 Å². The molecule has 0 aliphatic rings. The Hall–Kier alpha value is -12.5. The summed E-state index contributed by atoms with van der Waals surface area (Å²) < 4.78 is 84.0. The summed E-state index contributed by atoms with van der Waals surface area (Å²) >= 11 is 0. The maximum atomic E-state index is 16.7. The lowest BCUT2D eigenvalue weighted by molar-refractivity contribution is 0.381. The van der Waals surface area contributed by atoms with Crippen molar-refractivity contribution >= 4 is 43.6 Å². The first-order valence-corrected chi connectivity index (χ1v) is 30.0. The smallest absolute Gasteiger partial charge is 0.200 e. The first-order valence-electron chi connectivity index (χ1n) is 30.0. The Bertz CT molecular complexity index is 5330. The van der Waals surface area contributed by atoms with Crippen LogP contribution in [0.4, 0.5) is 22.0 Å². The predicted octanol–water partition coefficient (Wildman–Crippen LogP) is 21.0. The van der Waals surface area contributed by atoms with E-state index in [0.29, 0.717) is 27.8 Å². The molecule has 0 saturated carbocycles. The Kier molecular flexibility index (Phi) is 13.7. The maximum absolute atomic E-state index is 16.7. The lowest BCUT2D eigenvalue weighted by Crippen LogP contribution is -2.08. The molecule has 0 aliphatic heterocycles. The third-order valence-electron chi connectivity index (χ3n) is 17.4. The summed E-state index contributed by atoms with van der Waals surface area (Å²) in [7, 11) is 0. The fourth-order valence-electron chi connectivity index (χ4n) is 12.7. The number of fused-ring (bicyclic) bond motifs is 6. The van der Waals surface area contributed by atoms with Crippen molar-refractivity contribution in [2.75, 3.05) is 0 Å². The number of halogens is 5. The number of benzene rings is 10. The lowest BCUT2D eigenvalue weighted by atomic mass is 9.96. The molecule has 0 radical (unpaired) electrons. The summed E-state index contributed by atoms with van der Waals surface area (Å²) in [5.41, 5.74) is 14.2. The number of nitriles is 1. The number of hydrogen-bond donors (Lipinski definition) is 0. The van der Waals surface area contributed by atoms with Crippen LogP contribution in [0.1, 0.15) is 5.56 Å². The van der Waals surface area contributed by atoms with Gasteiger partial charge in [0.05, 0.1) is 73.4 Å². The van der Waals surface area contributed by atoms with Crippen molar-refractivity contribution in [2.24, 2.45) is 0 Å². The molecule has 0 bridgehead atoms. The molecule has 0 atom stereocenters. The Morgan fingerprint density at radius 2 is 0.538 bits per heavy atom. The van der Waals surface area contributed by atoms with Gasteiger partial charge in [0.2, 0.25) is 5.82 Å². The molecule has 16 aromatic rings. The van der Waals surface area contributed by atoms with Gasteiger partial charge >= 0.3 is 0 Å². The number of pyridine rings is 4. The molecule has 93 heavy (non-hydrogen) atoms. The highest BCUT2D eigenvalue weighted by Crippen LogP contribution is 2.46. The van der Waals surface area contributed by atoms with Gasteiger partial charge in [-0.2, -0.15) is 5.26 Å². The topological polar surface area (TPSA) is 85.2 Å². The second-order valence-corrected chi connectivity index (χ2v) is 22.7. The molecule has 0 N–H and O–H groups in total. The second-order valence-electron chi connectivity index (χ2n) is 22.7. The van der Waals surface area contributed by atoms with Crippen LogP contribution >= 0.6 is 0 Å². The van der Waals surface area contributed by atoms with E-state index < -0.39 is 40.2 Å². The van der Waals surface area contributed by atoms with E-state index in [4.69, 9.17) is 19.9 Å². The number of nitrogens with zero attached hydrogens (tertiary/aromatic N) is 7. The maximum Gasteiger partial charge on any atom is 0.200 e. The van der Waals surface area contributed by atoms with Gasteiger partial charge in [0.15, 0.2) is 23.3 Å². The van der Waals surface area contributed by atoms with Gasteiger partial charge in [0.1, 0.15) is 0 Å². The van der Waals surface area contributed by atoms with Gasteiger partial charge in [-0.1, -0.05) is 194 Å². The van der Waals surface area contributed by atoms with E-state index >= 15 is 22.0 Å². The zero-order valence-electron chi connectivity index (χ0n) is 49.1.